The maximum Gasteiger partial charge on any atom is 0.336 e. The number of carboxylic acid groups (broad SMARTS) is 1. The van der Waals surface area contributed by atoms with Crippen molar-refractivity contribution in [3.8, 4) is 11.1 Å². The monoisotopic (exact) mass is 337 g/mol. The lowest BCUT2D eigenvalue weighted by atomic mass is 9.92. The molecule has 4 nitrogen and oxygen atoms in total. The van der Waals surface area contributed by atoms with Crippen molar-refractivity contribution in [3.05, 3.63) is 59.7 Å². The average Bonchev–Trinajstić information content (AvgIpc) is 3.41. The van der Waals surface area contributed by atoms with Gasteiger partial charge in [0.05, 0.1) is 5.56 Å². The summed E-state index contributed by atoms with van der Waals surface area (Å²) in [4.78, 5) is 24.3. The van der Waals surface area contributed by atoms with Crippen molar-refractivity contribution in [2.75, 3.05) is 6.54 Å². The van der Waals surface area contributed by atoms with E-state index in [1.807, 2.05) is 6.07 Å². The molecule has 3 rings (SSSR count). The first kappa shape index (κ1) is 17.2. The highest BCUT2D eigenvalue weighted by Crippen LogP contribution is 2.51. The van der Waals surface area contributed by atoms with Gasteiger partial charge in [0, 0.05) is 12.1 Å². The molecule has 0 saturated heterocycles. The molecule has 0 unspecified atom stereocenters. The minimum atomic E-state index is -0.998. The van der Waals surface area contributed by atoms with Crippen LogP contribution in [-0.4, -0.2) is 23.5 Å². The fourth-order valence-corrected chi connectivity index (χ4v) is 3.29. The lowest BCUT2D eigenvalue weighted by Crippen LogP contribution is -2.32. The summed E-state index contributed by atoms with van der Waals surface area (Å²) in [7, 11) is 0. The SMILES string of the molecule is CC(C)C1(CNC(=O)c2ccccc2-c2ccccc2C(=O)O)CC1. The Morgan fingerprint density at radius 2 is 1.52 bits per heavy atom. The predicted octanol–water partition coefficient (Wildman–Crippen LogP) is 4.22. The fraction of sp³-hybridized carbons (Fsp3) is 0.333. The van der Waals surface area contributed by atoms with Gasteiger partial charge in [0.15, 0.2) is 0 Å². The van der Waals surface area contributed by atoms with Gasteiger partial charge in [0.2, 0.25) is 0 Å². The molecule has 0 spiro atoms. The van der Waals surface area contributed by atoms with Crippen molar-refractivity contribution in [1.82, 2.24) is 5.32 Å². The molecular weight excluding hydrogens is 314 g/mol. The molecule has 1 fully saturated rings. The van der Waals surface area contributed by atoms with Crippen LogP contribution in [0.2, 0.25) is 0 Å². The van der Waals surface area contributed by atoms with Gasteiger partial charge >= 0.3 is 5.97 Å². The minimum absolute atomic E-state index is 0.150. The van der Waals surface area contributed by atoms with Crippen molar-refractivity contribution in [2.24, 2.45) is 11.3 Å². The molecule has 0 atom stereocenters. The summed E-state index contributed by atoms with van der Waals surface area (Å²) in [6, 6.07) is 13.9. The molecule has 130 valence electrons. The smallest absolute Gasteiger partial charge is 0.336 e. The molecular formula is C21H23NO3. The van der Waals surface area contributed by atoms with Crippen LogP contribution < -0.4 is 5.32 Å². The Morgan fingerprint density at radius 3 is 2.04 bits per heavy atom. The molecule has 0 heterocycles. The van der Waals surface area contributed by atoms with Crippen molar-refractivity contribution < 1.29 is 14.7 Å². The second-order valence-electron chi connectivity index (χ2n) is 7.10. The second-order valence-corrected chi connectivity index (χ2v) is 7.10. The second kappa shape index (κ2) is 6.71. The zero-order valence-corrected chi connectivity index (χ0v) is 14.6. The number of carbonyl (C=O) groups is 2. The van der Waals surface area contributed by atoms with Gasteiger partial charge in [0.25, 0.3) is 5.91 Å². The first-order valence-corrected chi connectivity index (χ1v) is 8.64. The molecule has 2 aromatic carbocycles. The zero-order chi connectivity index (χ0) is 18.0. The van der Waals surface area contributed by atoms with Crippen molar-refractivity contribution in [2.45, 2.75) is 26.7 Å². The lowest BCUT2D eigenvalue weighted by molar-refractivity contribution is 0.0697. The highest BCUT2D eigenvalue weighted by Gasteiger charge is 2.45. The summed E-state index contributed by atoms with van der Waals surface area (Å²) in [5, 5.41) is 12.5. The third-order valence-electron chi connectivity index (χ3n) is 5.34. The molecule has 0 aromatic heterocycles. The van der Waals surface area contributed by atoms with Crippen LogP contribution in [0.25, 0.3) is 11.1 Å². The molecule has 1 aliphatic rings. The van der Waals surface area contributed by atoms with Crippen LogP contribution in [0, 0.1) is 11.3 Å². The van der Waals surface area contributed by atoms with Crippen molar-refractivity contribution in [3.63, 3.8) is 0 Å². The van der Waals surface area contributed by atoms with Crippen molar-refractivity contribution >= 4 is 11.9 Å². The molecule has 0 bridgehead atoms. The van der Waals surface area contributed by atoms with E-state index in [1.165, 1.54) is 0 Å². The maximum atomic E-state index is 12.8. The standard InChI is InChI=1S/C21H23NO3/c1-14(2)21(11-12-21)13-22-19(23)17-9-5-3-7-15(17)16-8-4-6-10-18(16)20(24)25/h3-10,14H,11-13H2,1-2H3,(H,22,23)(H,24,25). The van der Waals surface area contributed by atoms with Crippen LogP contribution in [0.5, 0.6) is 0 Å². The van der Waals surface area contributed by atoms with Gasteiger partial charge in [-0.15, -0.1) is 0 Å². The highest BCUT2D eigenvalue weighted by molar-refractivity contribution is 6.04. The number of carboxylic acids is 1. The van der Waals surface area contributed by atoms with E-state index in [2.05, 4.69) is 19.2 Å². The van der Waals surface area contributed by atoms with E-state index in [9.17, 15) is 14.7 Å². The van der Waals surface area contributed by atoms with Crippen molar-refractivity contribution in [1.29, 1.82) is 0 Å². The number of benzene rings is 2. The van der Waals surface area contributed by atoms with E-state index in [0.717, 1.165) is 12.8 Å². The Labute approximate surface area is 147 Å². The van der Waals surface area contributed by atoms with E-state index in [4.69, 9.17) is 0 Å². The number of aromatic carboxylic acids is 1. The number of nitrogens with one attached hydrogen (secondary N) is 1. The molecule has 2 N–H and O–H groups in total. The molecule has 25 heavy (non-hydrogen) atoms. The Hall–Kier alpha value is -2.62. The lowest BCUT2D eigenvalue weighted by Gasteiger charge is -2.20. The Morgan fingerprint density at radius 1 is 1.00 bits per heavy atom. The van der Waals surface area contributed by atoms with Gasteiger partial charge in [-0.3, -0.25) is 4.79 Å². The summed E-state index contributed by atoms with van der Waals surface area (Å²) in [6.45, 7) is 5.05. The van der Waals surface area contributed by atoms with Gasteiger partial charge in [-0.25, -0.2) is 4.79 Å². The minimum Gasteiger partial charge on any atom is -0.478 e. The van der Waals surface area contributed by atoms with E-state index >= 15 is 0 Å². The number of carbonyl (C=O) groups excluding carboxylic acids is 1. The van der Waals surface area contributed by atoms with Crippen LogP contribution in [0.15, 0.2) is 48.5 Å². The summed E-state index contributed by atoms with van der Waals surface area (Å²) >= 11 is 0. The Kier molecular flexibility index (Phi) is 4.62. The summed E-state index contributed by atoms with van der Waals surface area (Å²) in [5.74, 6) is -0.610. The highest BCUT2D eigenvalue weighted by atomic mass is 16.4. The molecule has 0 aliphatic heterocycles. The number of hydrogen-bond acceptors (Lipinski definition) is 2. The quantitative estimate of drug-likeness (QED) is 0.829. The fourth-order valence-electron chi connectivity index (χ4n) is 3.29. The maximum absolute atomic E-state index is 12.8. The van der Waals surface area contributed by atoms with Crippen LogP contribution in [0.4, 0.5) is 0 Å². The van der Waals surface area contributed by atoms with Gasteiger partial charge in [0.1, 0.15) is 0 Å². The third kappa shape index (κ3) is 3.43. The molecule has 1 aliphatic carbocycles. The average molecular weight is 337 g/mol. The van der Waals surface area contributed by atoms with Gasteiger partial charge < -0.3 is 10.4 Å². The molecule has 4 heteroatoms. The molecule has 0 radical (unpaired) electrons. The largest absolute Gasteiger partial charge is 0.478 e. The number of hydrogen-bond donors (Lipinski definition) is 2. The van der Waals surface area contributed by atoms with Crippen LogP contribution in [-0.2, 0) is 0 Å². The Bertz CT molecular complexity index is 806. The Balaban J connectivity index is 1.89. The van der Waals surface area contributed by atoms with Gasteiger partial charge in [-0.05, 0) is 47.4 Å². The van der Waals surface area contributed by atoms with Gasteiger partial charge in [-0.1, -0.05) is 50.2 Å². The molecule has 1 amide bonds. The summed E-state index contributed by atoms with van der Waals surface area (Å²) in [5.41, 5.74) is 2.14. The summed E-state index contributed by atoms with van der Waals surface area (Å²) in [6.07, 6.45) is 2.29. The first-order valence-electron chi connectivity index (χ1n) is 8.64. The molecule has 2 aromatic rings. The molecule has 1 saturated carbocycles. The predicted molar refractivity (Wildman–Crippen MR) is 97.7 cm³/mol. The van der Waals surface area contributed by atoms with E-state index in [-0.39, 0.29) is 16.9 Å². The van der Waals surface area contributed by atoms with Gasteiger partial charge in [-0.2, -0.15) is 0 Å². The third-order valence-corrected chi connectivity index (χ3v) is 5.34. The van der Waals surface area contributed by atoms with Crippen LogP contribution in [0.1, 0.15) is 47.4 Å². The van der Waals surface area contributed by atoms with E-state index in [0.29, 0.717) is 29.2 Å². The van der Waals surface area contributed by atoms with Crippen LogP contribution in [0.3, 0.4) is 0 Å². The first-order chi connectivity index (χ1) is 11.9. The number of rotatable bonds is 6. The van der Waals surface area contributed by atoms with Crippen LogP contribution >= 0.6 is 0 Å². The topological polar surface area (TPSA) is 66.4 Å². The van der Waals surface area contributed by atoms with E-state index < -0.39 is 5.97 Å². The van der Waals surface area contributed by atoms with E-state index in [1.54, 1.807) is 42.5 Å². The summed E-state index contributed by atoms with van der Waals surface area (Å²) < 4.78 is 0. The zero-order valence-electron chi connectivity index (χ0n) is 14.6. The number of amides is 1. The normalized spacial score (nSPS) is 15.0.